The van der Waals surface area contributed by atoms with Crippen molar-refractivity contribution in [2.75, 3.05) is 7.11 Å². The molecule has 1 aromatic rings. The quantitative estimate of drug-likeness (QED) is 0.598. The van der Waals surface area contributed by atoms with Crippen LogP contribution in [0.3, 0.4) is 0 Å². The summed E-state index contributed by atoms with van der Waals surface area (Å²) in [5.41, 5.74) is -0.116. The molecule has 1 N–H and O–H groups in total. The molecule has 6 heteroatoms. The van der Waals surface area contributed by atoms with Crippen molar-refractivity contribution in [2.24, 2.45) is 0 Å². The summed E-state index contributed by atoms with van der Waals surface area (Å²) in [5.74, 6) is -1.46. The Morgan fingerprint density at radius 1 is 1.57 bits per heavy atom. The lowest BCUT2D eigenvalue weighted by molar-refractivity contribution is 0.0596. The zero-order chi connectivity index (χ0) is 10.7. The summed E-state index contributed by atoms with van der Waals surface area (Å²) in [7, 11) is 1.13. The summed E-state index contributed by atoms with van der Waals surface area (Å²) in [5, 5.41) is 0. The van der Waals surface area contributed by atoms with Crippen molar-refractivity contribution in [3.05, 3.63) is 29.6 Å². The number of carbonyl (C=O) groups is 1. The van der Waals surface area contributed by atoms with E-state index in [1.807, 2.05) is 0 Å². The number of halogens is 1. The Balaban J connectivity index is 3.28. The van der Waals surface area contributed by atoms with Gasteiger partial charge in [-0.3, -0.25) is 0 Å². The van der Waals surface area contributed by atoms with E-state index in [-0.39, 0.29) is 10.5 Å². The number of methoxy groups -OCH3 is 1. The van der Waals surface area contributed by atoms with Crippen LogP contribution in [-0.4, -0.2) is 21.8 Å². The van der Waals surface area contributed by atoms with Gasteiger partial charge in [-0.25, -0.2) is 13.4 Å². The van der Waals surface area contributed by atoms with Crippen LogP contribution in [0.2, 0.25) is 0 Å². The first-order chi connectivity index (χ1) is 6.56. The average molecular weight is 218 g/mol. The van der Waals surface area contributed by atoms with Crippen molar-refractivity contribution in [1.29, 1.82) is 0 Å². The SMILES string of the molecule is COC(=O)c1ccc(F)cc1S(=O)O. The maximum atomic E-state index is 12.7. The minimum absolute atomic E-state index is 0.116. The molecule has 1 atom stereocenters. The van der Waals surface area contributed by atoms with Crippen molar-refractivity contribution < 1.29 is 22.7 Å². The number of hydrogen-bond donors (Lipinski definition) is 1. The molecule has 76 valence electrons. The van der Waals surface area contributed by atoms with Gasteiger partial charge in [-0.05, 0) is 18.2 Å². The maximum absolute atomic E-state index is 12.7. The van der Waals surface area contributed by atoms with Crippen LogP contribution < -0.4 is 0 Å². The van der Waals surface area contributed by atoms with Gasteiger partial charge in [0, 0.05) is 0 Å². The summed E-state index contributed by atoms with van der Waals surface area (Å²) in [6.45, 7) is 0. The van der Waals surface area contributed by atoms with Gasteiger partial charge in [0.2, 0.25) is 0 Å². The molecule has 1 aromatic carbocycles. The molecule has 1 rings (SSSR count). The first-order valence-electron chi connectivity index (χ1n) is 3.55. The molecular weight excluding hydrogens is 211 g/mol. The van der Waals surface area contributed by atoms with Crippen LogP contribution in [0, 0.1) is 5.82 Å². The molecule has 0 aliphatic rings. The Bertz CT molecular complexity index is 391. The number of hydrogen-bond acceptors (Lipinski definition) is 3. The zero-order valence-corrected chi connectivity index (χ0v) is 8.01. The lowest BCUT2D eigenvalue weighted by Gasteiger charge is -2.03. The van der Waals surface area contributed by atoms with Gasteiger partial charge in [-0.1, -0.05) is 0 Å². The molecule has 1 unspecified atom stereocenters. The van der Waals surface area contributed by atoms with Crippen LogP contribution in [0.4, 0.5) is 4.39 Å². The second kappa shape index (κ2) is 4.30. The Hall–Kier alpha value is -1.27. The molecule has 4 nitrogen and oxygen atoms in total. The van der Waals surface area contributed by atoms with Gasteiger partial charge in [0.1, 0.15) is 5.82 Å². The van der Waals surface area contributed by atoms with Crippen molar-refractivity contribution in [3.63, 3.8) is 0 Å². The molecule has 0 saturated carbocycles. The highest BCUT2D eigenvalue weighted by molar-refractivity contribution is 7.79. The summed E-state index contributed by atoms with van der Waals surface area (Å²) in [6, 6.07) is 2.94. The van der Waals surface area contributed by atoms with E-state index in [1.54, 1.807) is 0 Å². The number of benzene rings is 1. The average Bonchev–Trinajstić information content (AvgIpc) is 2.16. The van der Waals surface area contributed by atoms with E-state index in [0.29, 0.717) is 0 Å². The molecule has 0 aromatic heterocycles. The third-order valence-corrected chi connectivity index (χ3v) is 2.25. The molecule has 0 heterocycles. The highest BCUT2D eigenvalue weighted by atomic mass is 32.2. The molecule has 14 heavy (non-hydrogen) atoms. The minimum atomic E-state index is -2.41. The Morgan fingerprint density at radius 2 is 2.21 bits per heavy atom. The van der Waals surface area contributed by atoms with E-state index in [4.69, 9.17) is 4.55 Å². The fourth-order valence-corrected chi connectivity index (χ4v) is 1.47. The maximum Gasteiger partial charge on any atom is 0.339 e. The van der Waals surface area contributed by atoms with Crippen LogP contribution in [0.15, 0.2) is 23.1 Å². The summed E-state index contributed by atoms with van der Waals surface area (Å²) in [4.78, 5) is 10.8. The lowest BCUT2D eigenvalue weighted by atomic mass is 10.2. The van der Waals surface area contributed by atoms with E-state index < -0.39 is 22.9 Å². The third kappa shape index (κ3) is 2.15. The van der Waals surface area contributed by atoms with Gasteiger partial charge in [-0.2, -0.15) is 0 Å². The first-order valence-corrected chi connectivity index (χ1v) is 4.65. The Morgan fingerprint density at radius 3 is 2.71 bits per heavy atom. The molecule has 0 aliphatic heterocycles. The van der Waals surface area contributed by atoms with Gasteiger partial charge in [-0.15, -0.1) is 0 Å². The third-order valence-electron chi connectivity index (χ3n) is 1.54. The number of esters is 1. The Labute approximate surface area is 82.0 Å². The smallest absolute Gasteiger partial charge is 0.339 e. The molecule has 0 amide bonds. The molecule has 0 bridgehead atoms. The van der Waals surface area contributed by atoms with E-state index in [1.165, 1.54) is 0 Å². The summed E-state index contributed by atoms with van der Waals surface area (Å²) < 4.78 is 36.5. The van der Waals surface area contributed by atoms with E-state index in [9.17, 15) is 13.4 Å². The van der Waals surface area contributed by atoms with Crippen LogP contribution >= 0.6 is 0 Å². The van der Waals surface area contributed by atoms with Crippen molar-refractivity contribution in [2.45, 2.75) is 4.90 Å². The minimum Gasteiger partial charge on any atom is -0.465 e. The normalized spacial score (nSPS) is 12.2. The van der Waals surface area contributed by atoms with Gasteiger partial charge in [0.15, 0.2) is 11.1 Å². The first kappa shape index (κ1) is 10.8. The molecule has 0 radical (unpaired) electrons. The van der Waals surface area contributed by atoms with E-state index in [2.05, 4.69) is 4.74 Å². The van der Waals surface area contributed by atoms with Crippen LogP contribution in [0.1, 0.15) is 10.4 Å². The van der Waals surface area contributed by atoms with Gasteiger partial charge >= 0.3 is 5.97 Å². The second-order valence-electron chi connectivity index (χ2n) is 2.38. The van der Waals surface area contributed by atoms with Crippen molar-refractivity contribution >= 4 is 17.0 Å². The Kier molecular flexibility index (Phi) is 3.32. The second-order valence-corrected chi connectivity index (χ2v) is 3.32. The fourth-order valence-electron chi connectivity index (χ4n) is 0.919. The molecular formula is C8H7FO4S. The van der Waals surface area contributed by atoms with Crippen LogP contribution in [0.25, 0.3) is 0 Å². The van der Waals surface area contributed by atoms with Crippen LogP contribution in [0.5, 0.6) is 0 Å². The van der Waals surface area contributed by atoms with Gasteiger partial charge in [0.25, 0.3) is 0 Å². The zero-order valence-electron chi connectivity index (χ0n) is 7.19. The number of carbonyl (C=O) groups excluding carboxylic acids is 1. The largest absolute Gasteiger partial charge is 0.465 e. The molecule has 0 saturated heterocycles. The summed E-state index contributed by atoms with van der Waals surface area (Å²) >= 11 is -2.41. The van der Waals surface area contributed by atoms with Crippen molar-refractivity contribution in [1.82, 2.24) is 0 Å². The molecule has 0 fully saturated rings. The predicted molar refractivity (Wildman–Crippen MR) is 46.8 cm³/mol. The molecule has 0 spiro atoms. The standard InChI is InChI=1S/C8H7FO4S/c1-13-8(10)6-3-2-5(9)4-7(6)14(11)12/h2-4H,1H3,(H,11,12). The number of ether oxygens (including phenoxy) is 1. The lowest BCUT2D eigenvalue weighted by Crippen LogP contribution is -2.07. The topological polar surface area (TPSA) is 63.6 Å². The van der Waals surface area contributed by atoms with Crippen molar-refractivity contribution in [3.8, 4) is 0 Å². The van der Waals surface area contributed by atoms with Gasteiger partial charge < -0.3 is 9.29 Å². The highest BCUT2D eigenvalue weighted by Gasteiger charge is 2.16. The fraction of sp³-hybridized carbons (Fsp3) is 0.125. The van der Waals surface area contributed by atoms with E-state index >= 15 is 0 Å². The summed E-state index contributed by atoms with van der Waals surface area (Å²) in [6.07, 6.45) is 0. The van der Waals surface area contributed by atoms with Crippen LogP contribution in [-0.2, 0) is 15.8 Å². The van der Waals surface area contributed by atoms with E-state index in [0.717, 1.165) is 25.3 Å². The number of rotatable bonds is 2. The molecule has 0 aliphatic carbocycles. The monoisotopic (exact) mass is 218 g/mol. The predicted octanol–water partition coefficient (Wildman–Crippen LogP) is 1.19. The van der Waals surface area contributed by atoms with Gasteiger partial charge in [0.05, 0.1) is 17.6 Å². The highest BCUT2D eigenvalue weighted by Crippen LogP contribution is 2.15.